The van der Waals surface area contributed by atoms with Crippen molar-refractivity contribution < 1.29 is 9.59 Å². The van der Waals surface area contributed by atoms with E-state index in [0.717, 1.165) is 12.8 Å². The summed E-state index contributed by atoms with van der Waals surface area (Å²) in [5.41, 5.74) is 1.18. The Hall–Kier alpha value is -1.88. The van der Waals surface area contributed by atoms with E-state index in [2.05, 4.69) is 22.9 Å². The van der Waals surface area contributed by atoms with Crippen LogP contribution in [0.15, 0.2) is 24.3 Å². The Kier molecular flexibility index (Phi) is 7.60. The lowest BCUT2D eigenvalue weighted by Gasteiger charge is -2.13. The van der Waals surface area contributed by atoms with Gasteiger partial charge in [0, 0.05) is 23.3 Å². The molecule has 0 aliphatic rings. The Balaban J connectivity index is 2.60. The van der Waals surface area contributed by atoms with Crippen LogP contribution in [-0.4, -0.2) is 30.4 Å². The molecule has 0 bridgehead atoms. The fraction of sp³-hybridized carbons (Fsp3) is 0.529. The molecule has 0 radical (unpaired) electrons. The summed E-state index contributed by atoms with van der Waals surface area (Å²) in [6, 6.07) is 7.41. The number of anilines is 1. The van der Waals surface area contributed by atoms with E-state index in [9.17, 15) is 9.59 Å². The topological polar surface area (TPSA) is 70.2 Å². The highest BCUT2D eigenvalue weighted by Gasteiger charge is 2.10. The van der Waals surface area contributed by atoms with Crippen LogP contribution in [0, 0.1) is 0 Å². The Morgan fingerprint density at radius 1 is 1.09 bits per heavy atom. The quantitative estimate of drug-likeness (QED) is 0.691. The lowest BCUT2D eigenvalue weighted by Crippen LogP contribution is -2.34. The van der Waals surface area contributed by atoms with Gasteiger partial charge in [-0.2, -0.15) is 0 Å². The van der Waals surface area contributed by atoms with Crippen molar-refractivity contribution in [2.45, 2.75) is 52.6 Å². The molecule has 0 fully saturated rings. The van der Waals surface area contributed by atoms with E-state index in [-0.39, 0.29) is 24.4 Å². The van der Waals surface area contributed by atoms with Crippen LogP contribution >= 0.6 is 0 Å². The first-order valence-electron chi connectivity index (χ1n) is 7.90. The third-order valence-corrected chi connectivity index (χ3v) is 3.62. The van der Waals surface area contributed by atoms with E-state index >= 15 is 0 Å². The van der Waals surface area contributed by atoms with E-state index in [4.69, 9.17) is 0 Å². The van der Waals surface area contributed by atoms with Crippen molar-refractivity contribution in [1.29, 1.82) is 0 Å². The predicted octanol–water partition coefficient (Wildman–Crippen LogP) is 2.54. The maximum Gasteiger partial charge on any atom is 0.251 e. The molecule has 3 N–H and O–H groups in total. The molecule has 22 heavy (non-hydrogen) atoms. The van der Waals surface area contributed by atoms with Crippen molar-refractivity contribution in [3.8, 4) is 0 Å². The summed E-state index contributed by atoms with van der Waals surface area (Å²) in [6.07, 6.45) is 1.85. The van der Waals surface area contributed by atoms with Crippen molar-refractivity contribution >= 4 is 17.5 Å². The van der Waals surface area contributed by atoms with Crippen molar-refractivity contribution in [2.75, 3.05) is 11.9 Å². The molecular formula is C17H27N3O2. The molecule has 5 heteroatoms. The summed E-state index contributed by atoms with van der Waals surface area (Å²) >= 11 is 0. The number of rotatable bonds is 8. The third-order valence-electron chi connectivity index (χ3n) is 3.62. The van der Waals surface area contributed by atoms with Crippen molar-refractivity contribution in [3.63, 3.8) is 0 Å². The average molecular weight is 305 g/mol. The fourth-order valence-electron chi connectivity index (χ4n) is 1.76. The van der Waals surface area contributed by atoms with Crippen LogP contribution in [0.2, 0.25) is 0 Å². The molecule has 5 nitrogen and oxygen atoms in total. The number of amides is 2. The van der Waals surface area contributed by atoms with Crippen LogP contribution in [0.1, 0.15) is 50.9 Å². The second-order valence-electron chi connectivity index (χ2n) is 5.60. The first kappa shape index (κ1) is 18.2. The SMILES string of the molecule is CCC(C)NCC(=O)Nc1cccc(C(=O)NC(C)CC)c1. The van der Waals surface area contributed by atoms with E-state index in [1.807, 2.05) is 20.8 Å². The van der Waals surface area contributed by atoms with Gasteiger partial charge in [-0.05, 0) is 44.9 Å². The van der Waals surface area contributed by atoms with Gasteiger partial charge in [-0.1, -0.05) is 19.9 Å². The van der Waals surface area contributed by atoms with Gasteiger partial charge in [-0.25, -0.2) is 0 Å². The van der Waals surface area contributed by atoms with Crippen molar-refractivity contribution in [2.24, 2.45) is 0 Å². The molecular weight excluding hydrogens is 278 g/mol. The van der Waals surface area contributed by atoms with Gasteiger partial charge < -0.3 is 16.0 Å². The first-order chi connectivity index (χ1) is 10.5. The van der Waals surface area contributed by atoms with Gasteiger partial charge in [0.1, 0.15) is 0 Å². The number of carbonyl (C=O) groups is 2. The lowest BCUT2D eigenvalue weighted by atomic mass is 10.1. The molecule has 1 rings (SSSR count). The largest absolute Gasteiger partial charge is 0.350 e. The van der Waals surface area contributed by atoms with Crippen LogP contribution in [0.4, 0.5) is 5.69 Å². The number of benzene rings is 1. The molecule has 0 spiro atoms. The molecule has 2 atom stereocenters. The Labute approximate surface area is 132 Å². The van der Waals surface area contributed by atoms with E-state index in [1.54, 1.807) is 24.3 Å². The summed E-state index contributed by atoms with van der Waals surface area (Å²) in [5, 5.41) is 8.84. The molecule has 2 amide bonds. The van der Waals surface area contributed by atoms with E-state index in [0.29, 0.717) is 17.3 Å². The van der Waals surface area contributed by atoms with Crippen molar-refractivity contribution in [1.82, 2.24) is 10.6 Å². The highest BCUT2D eigenvalue weighted by atomic mass is 16.2. The minimum absolute atomic E-state index is 0.111. The zero-order valence-corrected chi connectivity index (χ0v) is 13.9. The molecule has 0 aliphatic carbocycles. The summed E-state index contributed by atoms with van der Waals surface area (Å²) in [5.74, 6) is -0.233. The Morgan fingerprint density at radius 3 is 2.41 bits per heavy atom. The number of nitrogens with one attached hydrogen (secondary N) is 3. The van der Waals surface area contributed by atoms with Gasteiger partial charge in [0.05, 0.1) is 6.54 Å². The summed E-state index contributed by atoms with van der Waals surface area (Å²) < 4.78 is 0. The van der Waals surface area contributed by atoms with Gasteiger partial charge in [-0.15, -0.1) is 0 Å². The van der Waals surface area contributed by atoms with Crippen molar-refractivity contribution in [3.05, 3.63) is 29.8 Å². The predicted molar refractivity (Wildman–Crippen MR) is 90.0 cm³/mol. The zero-order valence-electron chi connectivity index (χ0n) is 13.9. The molecule has 0 aromatic heterocycles. The van der Waals surface area contributed by atoms with Gasteiger partial charge in [0.25, 0.3) is 5.91 Å². The maximum atomic E-state index is 12.1. The standard InChI is InChI=1S/C17H27N3O2/c1-5-12(3)18-11-16(21)20-15-9-7-8-14(10-15)17(22)19-13(4)6-2/h7-10,12-13,18H,5-6,11H2,1-4H3,(H,19,22)(H,20,21). The smallest absolute Gasteiger partial charge is 0.251 e. The maximum absolute atomic E-state index is 12.1. The third kappa shape index (κ3) is 6.26. The second kappa shape index (κ2) is 9.20. The molecule has 2 unspecified atom stereocenters. The summed E-state index contributed by atoms with van der Waals surface area (Å²) in [7, 11) is 0. The highest BCUT2D eigenvalue weighted by Crippen LogP contribution is 2.11. The minimum atomic E-state index is -0.122. The molecule has 0 aliphatic heterocycles. The zero-order chi connectivity index (χ0) is 16.5. The van der Waals surface area contributed by atoms with Crippen LogP contribution in [0.3, 0.4) is 0 Å². The Bertz CT molecular complexity index is 502. The summed E-state index contributed by atoms with van der Waals surface area (Å²) in [6.45, 7) is 8.34. The first-order valence-corrected chi connectivity index (χ1v) is 7.90. The van der Waals surface area contributed by atoms with Crippen LogP contribution < -0.4 is 16.0 Å². The van der Waals surface area contributed by atoms with Gasteiger partial charge in [-0.3, -0.25) is 9.59 Å². The monoisotopic (exact) mass is 305 g/mol. The van der Waals surface area contributed by atoms with E-state index in [1.165, 1.54) is 0 Å². The number of hydrogen-bond acceptors (Lipinski definition) is 3. The molecule has 1 aromatic rings. The van der Waals surface area contributed by atoms with Crippen LogP contribution in [-0.2, 0) is 4.79 Å². The number of carbonyl (C=O) groups excluding carboxylic acids is 2. The highest BCUT2D eigenvalue weighted by molar-refractivity contribution is 5.97. The van der Waals surface area contributed by atoms with Crippen LogP contribution in [0.5, 0.6) is 0 Å². The molecule has 0 saturated heterocycles. The molecule has 122 valence electrons. The van der Waals surface area contributed by atoms with E-state index < -0.39 is 0 Å². The van der Waals surface area contributed by atoms with Gasteiger partial charge >= 0.3 is 0 Å². The van der Waals surface area contributed by atoms with Gasteiger partial charge in [0.15, 0.2) is 0 Å². The minimum Gasteiger partial charge on any atom is -0.350 e. The molecule has 1 aromatic carbocycles. The van der Waals surface area contributed by atoms with Crippen LogP contribution in [0.25, 0.3) is 0 Å². The Morgan fingerprint density at radius 2 is 1.77 bits per heavy atom. The molecule has 0 saturated carbocycles. The second-order valence-corrected chi connectivity index (χ2v) is 5.60. The average Bonchev–Trinajstić information content (AvgIpc) is 2.52. The fourth-order valence-corrected chi connectivity index (χ4v) is 1.76. The lowest BCUT2D eigenvalue weighted by molar-refractivity contribution is -0.115. The number of hydrogen-bond donors (Lipinski definition) is 3. The normalized spacial score (nSPS) is 13.3. The van der Waals surface area contributed by atoms with Gasteiger partial charge in [0.2, 0.25) is 5.91 Å². The summed E-state index contributed by atoms with van der Waals surface area (Å²) in [4.78, 5) is 23.9. The molecule has 0 heterocycles.